The largest absolute Gasteiger partial charge is 0.320 e. The van der Waals surface area contributed by atoms with Crippen molar-refractivity contribution in [1.82, 2.24) is 5.32 Å². The monoisotopic (exact) mass is 291 g/mol. The molecule has 100 valence electrons. The van der Waals surface area contributed by atoms with E-state index < -0.39 is 0 Å². The molecule has 19 heavy (non-hydrogen) atoms. The van der Waals surface area contributed by atoms with Gasteiger partial charge in [0.1, 0.15) is 0 Å². The molecule has 0 heterocycles. The van der Waals surface area contributed by atoms with Crippen molar-refractivity contribution >= 4 is 23.4 Å². The summed E-state index contributed by atoms with van der Waals surface area (Å²) in [6.07, 6.45) is 1.08. The van der Waals surface area contributed by atoms with Gasteiger partial charge in [-0.1, -0.05) is 54.1 Å². The van der Waals surface area contributed by atoms with E-state index >= 15 is 0 Å². The van der Waals surface area contributed by atoms with Crippen molar-refractivity contribution in [3.8, 4) is 0 Å². The Balaban J connectivity index is 2.17. The summed E-state index contributed by atoms with van der Waals surface area (Å²) in [6.45, 7) is 0.997. The van der Waals surface area contributed by atoms with Gasteiger partial charge in [0.05, 0.1) is 5.02 Å². The minimum absolute atomic E-state index is 0.425. The summed E-state index contributed by atoms with van der Waals surface area (Å²) in [5.41, 5.74) is 1.35. The molecule has 0 spiro atoms. The fourth-order valence-corrected chi connectivity index (χ4v) is 3.37. The lowest BCUT2D eigenvalue weighted by molar-refractivity contribution is 0.715. The first-order valence-electron chi connectivity index (χ1n) is 6.42. The molecule has 0 aliphatic rings. The normalized spacial score (nSPS) is 12.3. The number of thioether (sulfide) groups is 1. The molecule has 1 N–H and O–H groups in total. The molecule has 0 radical (unpaired) electrons. The lowest BCUT2D eigenvalue weighted by Gasteiger charge is -2.17. The van der Waals surface area contributed by atoms with Gasteiger partial charge < -0.3 is 5.32 Å². The molecule has 0 aliphatic carbocycles. The Morgan fingerprint density at radius 3 is 2.42 bits per heavy atom. The Morgan fingerprint density at radius 2 is 1.74 bits per heavy atom. The van der Waals surface area contributed by atoms with Crippen LogP contribution >= 0.6 is 23.4 Å². The van der Waals surface area contributed by atoms with Gasteiger partial charge in [-0.15, -0.1) is 11.8 Å². The molecule has 2 rings (SSSR count). The van der Waals surface area contributed by atoms with E-state index in [9.17, 15) is 0 Å². The van der Waals surface area contributed by atoms with Crippen molar-refractivity contribution in [3.05, 3.63) is 65.2 Å². The molecule has 2 aromatic carbocycles. The van der Waals surface area contributed by atoms with Crippen LogP contribution in [0, 0.1) is 0 Å². The summed E-state index contributed by atoms with van der Waals surface area (Å²) in [5, 5.41) is 4.48. The van der Waals surface area contributed by atoms with Crippen molar-refractivity contribution in [2.24, 2.45) is 0 Å². The third-order valence-electron chi connectivity index (χ3n) is 2.93. The van der Waals surface area contributed by atoms with Gasteiger partial charge in [-0.2, -0.15) is 0 Å². The van der Waals surface area contributed by atoms with Crippen molar-refractivity contribution in [1.29, 1.82) is 0 Å². The molecular weight excluding hydrogens is 274 g/mol. The van der Waals surface area contributed by atoms with Crippen LogP contribution in [0.3, 0.4) is 0 Å². The first-order valence-corrected chi connectivity index (χ1v) is 7.67. The van der Waals surface area contributed by atoms with E-state index in [-0.39, 0.29) is 0 Å². The van der Waals surface area contributed by atoms with Crippen molar-refractivity contribution < 1.29 is 0 Å². The lowest BCUT2D eigenvalue weighted by atomic mass is 10.1. The Morgan fingerprint density at radius 1 is 1.05 bits per heavy atom. The van der Waals surface area contributed by atoms with Gasteiger partial charge in [0, 0.05) is 10.1 Å². The predicted molar refractivity (Wildman–Crippen MR) is 85.0 cm³/mol. The van der Waals surface area contributed by atoms with Crippen LogP contribution in [0.1, 0.15) is 17.2 Å². The molecule has 2 aromatic rings. The van der Waals surface area contributed by atoms with Crippen LogP contribution in [0.5, 0.6) is 0 Å². The number of halogens is 1. The Hall–Kier alpha value is -0.960. The second kappa shape index (κ2) is 7.59. The van der Waals surface area contributed by atoms with Crippen LogP contribution in [0.25, 0.3) is 0 Å². The number of rotatable bonds is 6. The zero-order valence-corrected chi connectivity index (χ0v) is 12.5. The fraction of sp³-hybridized carbons (Fsp3) is 0.250. The molecule has 1 unspecified atom stereocenters. The fourth-order valence-electron chi connectivity index (χ4n) is 1.93. The second-order valence-corrected chi connectivity index (χ2v) is 5.99. The molecule has 1 nitrogen and oxygen atoms in total. The SMILES string of the molecule is CNCCC(Sc1ccccc1Cl)c1ccccc1. The van der Waals surface area contributed by atoms with Crippen molar-refractivity contribution in [3.63, 3.8) is 0 Å². The minimum atomic E-state index is 0.425. The molecule has 0 saturated heterocycles. The minimum Gasteiger partial charge on any atom is -0.320 e. The number of hydrogen-bond donors (Lipinski definition) is 1. The molecule has 3 heteroatoms. The molecular formula is C16H18ClNS. The maximum absolute atomic E-state index is 6.25. The summed E-state index contributed by atoms with van der Waals surface area (Å²) in [6, 6.07) is 18.6. The standard InChI is InChI=1S/C16H18ClNS/c1-18-12-11-15(13-7-3-2-4-8-13)19-16-10-6-5-9-14(16)17/h2-10,15,18H,11-12H2,1H3. The van der Waals surface area contributed by atoms with E-state index in [1.54, 1.807) is 0 Å². The Kier molecular flexibility index (Phi) is 5.77. The van der Waals surface area contributed by atoms with Crippen LogP contribution in [-0.2, 0) is 0 Å². The average Bonchev–Trinajstić information content (AvgIpc) is 2.46. The zero-order valence-electron chi connectivity index (χ0n) is 11.0. The smallest absolute Gasteiger partial charge is 0.0542 e. The van der Waals surface area contributed by atoms with Crippen LogP contribution in [0.4, 0.5) is 0 Å². The zero-order chi connectivity index (χ0) is 13.5. The van der Waals surface area contributed by atoms with E-state index in [2.05, 4.69) is 41.7 Å². The molecule has 0 amide bonds. The summed E-state index contributed by atoms with van der Waals surface area (Å²) in [4.78, 5) is 1.15. The molecule has 1 atom stereocenters. The van der Waals surface area contributed by atoms with Gasteiger partial charge in [-0.25, -0.2) is 0 Å². The van der Waals surface area contributed by atoms with Gasteiger partial charge in [0.15, 0.2) is 0 Å². The lowest BCUT2D eigenvalue weighted by Crippen LogP contribution is -2.10. The highest BCUT2D eigenvalue weighted by Crippen LogP contribution is 2.40. The number of benzene rings is 2. The average molecular weight is 292 g/mol. The summed E-state index contributed by atoms with van der Waals surface area (Å²) >= 11 is 8.09. The van der Waals surface area contributed by atoms with Gasteiger partial charge in [0.25, 0.3) is 0 Å². The summed E-state index contributed by atoms with van der Waals surface area (Å²) < 4.78 is 0. The molecule has 0 bridgehead atoms. The number of nitrogens with one attached hydrogen (secondary N) is 1. The first kappa shape index (κ1) is 14.4. The van der Waals surface area contributed by atoms with Crippen molar-refractivity contribution in [2.45, 2.75) is 16.6 Å². The summed E-state index contributed by atoms with van der Waals surface area (Å²) in [5.74, 6) is 0. The third-order valence-corrected chi connectivity index (χ3v) is 4.78. The molecule has 0 saturated carbocycles. The first-order chi connectivity index (χ1) is 9.31. The molecule has 0 aliphatic heterocycles. The Bertz CT molecular complexity index is 501. The highest BCUT2D eigenvalue weighted by molar-refractivity contribution is 7.99. The van der Waals surface area contributed by atoms with Gasteiger partial charge in [-0.3, -0.25) is 0 Å². The van der Waals surface area contributed by atoms with Gasteiger partial charge in [-0.05, 0) is 37.7 Å². The highest BCUT2D eigenvalue weighted by Gasteiger charge is 2.14. The second-order valence-electron chi connectivity index (χ2n) is 4.34. The van der Waals surface area contributed by atoms with Gasteiger partial charge >= 0.3 is 0 Å². The van der Waals surface area contributed by atoms with E-state index in [4.69, 9.17) is 11.6 Å². The van der Waals surface area contributed by atoms with Crippen LogP contribution in [-0.4, -0.2) is 13.6 Å². The van der Waals surface area contributed by atoms with E-state index in [0.717, 1.165) is 22.9 Å². The highest BCUT2D eigenvalue weighted by atomic mass is 35.5. The van der Waals surface area contributed by atoms with Gasteiger partial charge in [0.2, 0.25) is 0 Å². The van der Waals surface area contributed by atoms with E-state index in [1.807, 2.05) is 37.0 Å². The van der Waals surface area contributed by atoms with Crippen LogP contribution in [0.2, 0.25) is 5.02 Å². The Labute approximate surface area is 124 Å². The topological polar surface area (TPSA) is 12.0 Å². The quantitative estimate of drug-likeness (QED) is 0.769. The maximum Gasteiger partial charge on any atom is 0.0542 e. The van der Waals surface area contributed by atoms with Crippen LogP contribution in [0.15, 0.2) is 59.5 Å². The maximum atomic E-state index is 6.25. The summed E-state index contributed by atoms with van der Waals surface area (Å²) in [7, 11) is 1.99. The third kappa shape index (κ3) is 4.27. The molecule has 0 fully saturated rings. The van der Waals surface area contributed by atoms with Crippen molar-refractivity contribution in [2.75, 3.05) is 13.6 Å². The predicted octanol–water partition coefficient (Wildman–Crippen LogP) is 4.78. The van der Waals surface area contributed by atoms with E-state index in [1.165, 1.54) is 5.56 Å². The van der Waals surface area contributed by atoms with Crippen LogP contribution < -0.4 is 5.32 Å². The molecule has 0 aromatic heterocycles. The number of hydrogen-bond acceptors (Lipinski definition) is 2. The van der Waals surface area contributed by atoms with E-state index in [0.29, 0.717) is 5.25 Å².